The van der Waals surface area contributed by atoms with E-state index in [-0.39, 0.29) is 11.1 Å². The van der Waals surface area contributed by atoms with E-state index in [9.17, 15) is 0 Å². The maximum Gasteiger partial charge on any atom is 0.149 e. The molecule has 2 heterocycles. The molecule has 1 aliphatic rings. The lowest BCUT2D eigenvalue weighted by Crippen LogP contribution is -2.35. The van der Waals surface area contributed by atoms with Crippen LogP contribution < -0.4 is 5.32 Å². The summed E-state index contributed by atoms with van der Waals surface area (Å²) in [6.07, 6.45) is 2.17. The molecule has 0 radical (unpaired) electrons. The Morgan fingerprint density at radius 1 is 1.41 bits per heavy atom. The van der Waals surface area contributed by atoms with Gasteiger partial charge >= 0.3 is 0 Å². The maximum atomic E-state index is 5.77. The first-order valence-electron chi connectivity index (χ1n) is 6.11. The standard InChI is InChI=1S/C12H21N3OS/c1-11(2,3)13-8-9-14-15-10(17-9)12(4)6-5-7-16-12/h13H,5-8H2,1-4H3. The second-order valence-electron chi connectivity index (χ2n) is 5.79. The summed E-state index contributed by atoms with van der Waals surface area (Å²) in [5.41, 5.74) is -0.0861. The molecule has 1 saturated heterocycles. The minimum absolute atomic E-state index is 0.111. The molecule has 1 aliphatic heterocycles. The molecule has 0 aliphatic carbocycles. The van der Waals surface area contributed by atoms with Crippen molar-refractivity contribution in [2.24, 2.45) is 0 Å². The lowest BCUT2D eigenvalue weighted by Gasteiger charge is -2.19. The fraction of sp³-hybridized carbons (Fsp3) is 0.833. The second kappa shape index (κ2) is 4.63. The molecule has 0 amide bonds. The first-order valence-corrected chi connectivity index (χ1v) is 6.93. The number of nitrogens with zero attached hydrogens (tertiary/aromatic N) is 2. The Kier molecular flexibility index (Phi) is 3.52. The number of rotatable bonds is 3. The Morgan fingerprint density at radius 3 is 2.76 bits per heavy atom. The molecular weight excluding hydrogens is 234 g/mol. The number of nitrogens with one attached hydrogen (secondary N) is 1. The van der Waals surface area contributed by atoms with Gasteiger partial charge in [-0.25, -0.2) is 0 Å². The average molecular weight is 255 g/mol. The molecule has 1 N–H and O–H groups in total. The summed E-state index contributed by atoms with van der Waals surface area (Å²) in [7, 11) is 0. The molecule has 17 heavy (non-hydrogen) atoms. The molecule has 1 fully saturated rings. The highest BCUT2D eigenvalue weighted by Gasteiger charge is 2.35. The van der Waals surface area contributed by atoms with Crippen molar-refractivity contribution in [1.29, 1.82) is 0 Å². The van der Waals surface area contributed by atoms with E-state index in [0.717, 1.165) is 36.0 Å². The van der Waals surface area contributed by atoms with Gasteiger partial charge in [0.1, 0.15) is 15.6 Å². The highest BCUT2D eigenvalue weighted by Crippen LogP contribution is 2.36. The molecule has 1 unspecified atom stereocenters. The van der Waals surface area contributed by atoms with Gasteiger partial charge < -0.3 is 10.1 Å². The molecule has 1 aromatic heterocycles. The van der Waals surface area contributed by atoms with Crippen molar-refractivity contribution in [3.05, 3.63) is 10.0 Å². The van der Waals surface area contributed by atoms with Crippen LogP contribution in [0.4, 0.5) is 0 Å². The van der Waals surface area contributed by atoms with Gasteiger partial charge in [0, 0.05) is 12.1 Å². The highest BCUT2D eigenvalue weighted by molar-refractivity contribution is 7.11. The molecule has 1 aromatic rings. The summed E-state index contributed by atoms with van der Waals surface area (Å²) in [6, 6.07) is 0. The van der Waals surface area contributed by atoms with Crippen molar-refractivity contribution in [2.75, 3.05) is 6.61 Å². The van der Waals surface area contributed by atoms with Crippen LogP contribution in [-0.4, -0.2) is 22.3 Å². The van der Waals surface area contributed by atoms with Crippen molar-refractivity contribution in [2.45, 2.75) is 58.2 Å². The van der Waals surface area contributed by atoms with E-state index in [4.69, 9.17) is 4.74 Å². The highest BCUT2D eigenvalue weighted by atomic mass is 32.1. The summed E-state index contributed by atoms with van der Waals surface area (Å²) in [5.74, 6) is 0. The lowest BCUT2D eigenvalue weighted by atomic mass is 10.0. The quantitative estimate of drug-likeness (QED) is 0.901. The van der Waals surface area contributed by atoms with Crippen molar-refractivity contribution >= 4 is 11.3 Å². The van der Waals surface area contributed by atoms with Crippen molar-refractivity contribution < 1.29 is 4.74 Å². The molecule has 0 spiro atoms. The first-order chi connectivity index (χ1) is 7.89. The van der Waals surface area contributed by atoms with Crippen molar-refractivity contribution in [3.63, 3.8) is 0 Å². The van der Waals surface area contributed by atoms with Crippen molar-refractivity contribution in [3.8, 4) is 0 Å². The third-order valence-electron chi connectivity index (χ3n) is 2.91. The molecule has 96 valence electrons. The molecule has 4 nitrogen and oxygen atoms in total. The van der Waals surface area contributed by atoms with Gasteiger partial charge in [0.2, 0.25) is 0 Å². The predicted molar refractivity (Wildman–Crippen MR) is 69.0 cm³/mol. The number of ether oxygens (including phenoxy) is 1. The fourth-order valence-electron chi connectivity index (χ4n) is 1.83. The number of hydrogen-bond donors (Lipinski definition) is 1. The zero-order valence-corrected chi connectivity index (χ0v) is 11.9. The van der Waals surface area contributed by atoms with Gasteiger partial charge in [0.15, 0.2) is 0 Å². The maximum absolute atomic E-state index is 5.77. The van der Waals surface area contributed by atoms with Gasteiger partial charge in [0.05, 0.1) is 6.54 Å². The van der Waals surface area contributed by atoms with E-state index < -0.39 is 0 Å². The lowest BCUT2D eigenvalue weighted by molar-refractivity contribution is 0.0161. The third-order valence-corrected chi connectivity index (χ3v) is 4.08. The minimum Gasteiger partial charge on any atom is -0.368 e. The molecule has 2 rings (SSSR count). The number of hydrogen-bond acceptors (Lipinski definition) is 5. The van der Waals surface area contributed by atoms with Crippen LogP contribution in [0.5, 0.6) is 0 Å². The normalized spacial score (nSPS) is 25.4. The molecule has 0 saturated carbocycles. The Morgan fingerprint density at radius 2 is 2.18 bits per heavy atom. The van der Waals surface area contributed by atoms with E-state index in [0.29, 0.717) is 0 Å². The zero-order valence-electron chi connectivity index (χ0n) is 11.0. The summed E-state index contributed by atoms with van der Waals surface area (Å²) < 4.78 is 5.77. The van der Waals surface area contributed by atoms with Gasteiger partial charge in [-0.15, -0.1) is 10.2 Å². The smallest absolute Gasteiger partial charge is 0.149 e. The SMILES string of the molecule is CC(C)(C)NCc1nnc(C2(C)CCCO2)s1. The Hall–Kier alpha value is -0.520. The van der Waals surface area contributed by atoms with Gasteiger partial charge in [-0.05, 0) is 40.5 Å². The van der Waals surface area contributed by atoms with Crippen LogP contribution >= 0.6 is 11.3 Å². The van der Waals surface area contributed by atoms with Gasteiger partial charge in [-0.1, -0.05) is 11.3 Å². The van der Waals surface area contributed by atoms with E-state index in [1.165, 1.54) is 0 Å². The largest absolute Gasteiger partial charge is 0.368 e. The van der Waals surface area contributed by atoms with E-state index in [1.54, 1.807) is 11.3 Å². The van der Waals surface area contributed by atoms with Crippen LogP contribution in [0.1, 0.15) is 50.6 Å². The van der Waals surface area contributed by atoms with Crippen LogP contribution in [0.15, 0.2) is 0 Å². The van der Waals surface area contributed by atoms with Crippen LogP contribution in [0, 0.1) is 0 Å². The van der Waals surface area contributed by atoms with E-state index >= 15 is 0 Å². The molecular formula is C12H21N3OS. The first kappa shape index (κ1) is 12.9. The third kappa shape index (κ3) is 3.24. The van der Waals surface area contributed by atoms with E-state index in [2.05, 4.69) is 43.2 Å². The summed E-state index contributed by atoms with van der Waals surface area (Å²) in [4.78, 5) is 0. The summed E-state index contributed by atoms with van der Waals surface area (Å²) in [6.45, 7) is 10.2. The summed E-state index contributed by atoms with van der Waals surface area (Å²) in [5, 5.41) is 14.0. The molecule has 5 heteroatoms. The van der Waals surface area contributed by atoms with Crippen LogP contribution in [0.2, 0.25) is 0 Å². The molecule has 1 atom stereocenters. The second-order valence-corrected chi connectivity index (χ2v) is 6.85. The van der Waals surface area contributed by atoms with Crippen LogP contribution in [-0.2, 0) is 16.9 Å². The number of aromatic nitrogens is 2. The Balaban J connectivity index is 2.01. The monoisotopic (exact) mass is 255 g/mol. The zero-order chi connectivity index (χ0) is 12.5. The van der Waals surface area contributed by atoms with E-state index in [1.807, 2.05) is 0 Å². The summed E-state index contributed by atoms with van der Waals surface area (Å²) >= 11 is 1.66. The van der Waals surface area contributed by atoms with Crippen LogP contribution in [0.3, 0.4) is 0 Å². The Bertz CT molecular complexity index is 377. The van der Waals surface area contributed by atoms with Gasteiger partial charge in [-0.3, -0.25) is 0 Å². The van der Waals surface area contributed by atoms with Gasteiger partial charge in [0.25, 0.3) is 0 Å². The average Bonchev–Trinajstić information content (AvgIpc) is 2.83. The molecule has 0 aromatic carbocycles. The van der Waals surface area contributed by atoms with Crippen LogP contribution in [0.25, 0.3) is 0 Å². The van der Waals surface area contributed by atoms with Crippen molar-refractivity contribution in [1.82, 2.24) is 15.5 Å². The fourth-order valence-corrected chi connectivity index (χ4v) is 2.74. The van der Waals surface area contributed by atoms with Gasteiger partial charge in [-0.2, -0.15) is 0 Å². The predicted octanol–water partition coefficient (Wildman–Crippen LogP) is 2.45. The Labute approximate surface area is 107 Å². The minimum atomic E-state index is -0.197. The molecule has 0 bridgehead atoms. The topological polar surface area (TPSA) is 47.0 Å².